The van der Waals surface area contributed by atoms with Crippen LogP contribution in [0.5, 0.6) is 0 Å². The molecule has 0 saturated heterocycles. The predicted molar refractivity (Wildman–Crippen MR) is 70.4 cm³/mol. The lowest BCUT2D eigenvalue weighted by atomic mass is 10.2. The first-order valence-corrected chi connectivity index (χ1v) is 6.25. The average Bonchev–Trinajstić information content (AvgIpc) is 2.41. The Labute approximate surface area is 118 Å². The van der Waals surface area contributed by atoms with E-state index < -0.39 is 23.5 Å². The van der Waals surface area contributed by atoms with Crippen LogP contribution in [0.25, 0.3) is 0 Å². The number of carbonyl (C=O) groups excluding carboxylic acids is 3. The number of rotatable bonds is 6. The Balaban J connectivity index is 4.82. The Morgan fingerprint density at radius 1 is 0.900 bits per heavy atom. The van der Waals surface area contributed by atoms with Crippen LogP contribution >= 0.6 is 0 Å². The molecule has 0 aromatic rings. The molecule has 110 valence electrons. The molecule has 0 spiro atoms. The zero-order chi connectivity index (χ0) is 15.4. The van der Waals surface area contributed by atoms with Gasteiger partial charge in [0, 0.05) is 12.5 Å². The van der Waals surface area contributed by atoms with E-state index in [0.29, 0.717) is 6.42 Å². The van der Waals surface area contributed by atoms with Gasteiger partial charge < -0.3 is 14.2 Å². The van der Waals surface area contributed by atoms with Gasteiger partial charge in [0.15, 0.2) is 12.2 Å². The van der Waals surface area contributed by atoms with Gasteiger partial charge in [0.25, 0.3) is 0 Å². The molecule has 0 atom stereocenters. The van der Waals surface area contributed by atoms with Gasteiger partial charge in [0.05, 0.1) is 13.2 Å². The normalized spacial score (nSPS) is 8.75. The maximum absolute atomic E-state index is 11.5. The van der Waals surface area contributed by atoms with Crippen molar-refractivity contribution >= 4 is 17.9 Å². The van der Waals surface area contributed by atoms with E-state index in [9.17, 15) is 14.4 Å². The average molecular weight is 282 g/mol. The van der Waals surface area contributed by atoms with Crippen molar-refractivity contribution in [2.45, 2.75) is 27.2 Å². The molecule has 0 N–H and O–H groups in total. The van der Waals surface area contributed by atoms with Crippen molar-refractivity contribution in [3.63, 3.8) is 0 Å². The third-order valence-electron chi connectivity index (χ3n) is 1.84. The molecular weight excluding hydrogens is 264 g/mol. The lowest BCUT2D eigenvalue weighted by Gasteiger charge is -2.06. The summed E-state index contributed by atoms with van der Waals surface area (Å²) >= 11 is 0. The molecule has 20 heavy (non-hydrogen) atoms. The molecule has 0 radical (unpaired) electrons. The molecule has 0 fully saturated rings. The SMILES string of the molecule is CCC#CCOC(=O)C=C(C(=O)OCC)C(=O)OCC. The first-order valence-electron chi connectivity index (χ1n) is 6.25. The first kappa shape index (κ1) is 17.7. The minimum atomic E-state index is -0.928. The quantitative estimate of drug-likeness (QED) is 0.180. The largest absolute Gasteiger partial charge is 0.462 e. The maximum Gasteiger partial charge on any atom is 0.345 e. The van der Waals surface area contributed by atoms with E-state index in [1.165, 1.54) is 0 Å². The number of esters is 3. The summed E-state index contributed by atoms with van der Waals surface area (Å²) in [6.07, 6.45) is 1.40. The minimum absolute atomic E-state index is 0.0760. The molecular formula is C14H18O6. The second-order valence-electron chi connectivity index (χ2n) is 3.31. The van der Waals surface area contributed by atoms with Gasteiger partial charge in [-0.2, -0.15) is 0 Å². The minimum Gasteiger partial charge on any atom is -0.462 e. The molecule has 0 amide bonds. The van der Waals surface area contributed by atoms with E-state index in [4.69, 9.17) is 4.74 Å². The van der Waals surface area contributed by atoms with E-state index in [0.717, 1.165) is 6.08 Å². The summed E-state index contributed by atoms with van der Waals surface area (Å²) < 4.78 is 14.1. The van der Waals surface area contributed by atoms with Crippen LogP contribution in [0.2, 0.25) is 0 Å². The Kier molecular flexibility index (Phi) is 9.40. The smallest absolute Gasteiger partial charge is 0.345 e. The summed E-state index contributed by atoms with van der Waals surface area (Å²) in [7, 11) is 0. The molecule has 0 aromatic carbocycles. The highest BCUT2D eigenvalue weighted by atomic mass is 16.6. The van der Waals surface area contributed by atoms with Crippen LogP contribution < -0.4 is 0 Å². The first-order chi connectivity index (χ1) is 9.56. The molecule has 0 saturated carbocycles. The van der Waals surface area contributed by atoms with E-state index in [2.05, 4.69) is 21.3 Å². The lowest BCUT2D eigenvalue weighted by molar-refractivity contribution is -0.148. The fourth-order valence-corrected chi connectivity index (χ4v) is 1.06. The van der Waals surface area contributed by atoms with E-state index in [-0.39, 0.29) is 19.8 Å². The van der Waals surface area contributed by atoms with Crippen LogP contribution in [0.4, 0.5) is 0 Å². The molecule has 0 aromatic heterocycles. The van der Waals surface area contributed by atoms with E-state index in [1.54, 1.807) is 13.8 Å². The molecule has 6 heteroatoms. The number of carbonyl (C=O) groups is 3. The summed E-state index contributed by atoms with van der Waals surface area (Å²) in [6.45, 7) is 5.06. The molecule has 0 rings (SSSR count). The molecule has 0 aliphatic rings. The zero-order valence-corrected chi connectivity index (χ0v) is 11.9. The number of hydrogen-bond donors (Lipinski definition) is 0. The molecule has 0 aliphatic carbocycles. The van der Waals surface area contributed by atoms with E-state index in [1.807, 2.05) is 6.92 Å². The van der Waals surface area contributed by atoms with Gasteiger partial charge in [-0.25, -0.2) is 14.4 Å². The van der Waals surface area contributed by atoms with Crippen LogP contribution in [0, 0.1) is 11.8 Å². The summed E-state index contributed by atoms with van der Waals surface area (Å²) in [5.74, 6) is 2.59. The van der Waals surface area contributed by atoms with Crippen LogP contribution in [-0.2, 0) is 28.6 Å². The Morgan fingerprint density at radius 3 is 1.90 bits per heavy atom. The van der Waals surface area contributed by atoms with Crippen LogP contribution in [0.1, 0.15) is 27.2 Å². The van der Waals surface area contributed by atoms with Gasteiger partial charge in [-0.3, -0.25) is 0 Å². The molecule has 0 heterocycles. The van der Waals surface area contributed by atoms with Gasteiger partial charge in [-0.15, -0.1) is 5.92 Å². The number of ether oxygens (including phenoxy) is 3. The van der Waals surface area contributed by atoms with Crippen molar-refractivity contribution in [1.82, 2.24) is 0 Å². The maximum atomic E-state index is 11.5. The van der Waals surface area contributed by atoms with Crippen molar-refractivity contribution in [3.05, 3.63) is 11.6 Å². The monoisotopic (exact) mass is 282 g/mol. The zero-order valence-electron chi connectivity index (χ0n) is 11.9. The second-order valence-corrected chi connectivity index (χ2v) is 3.31. The highest BCUT2D eigenvalue weighted by Crippen LogP contribution is 2.03. The molecule has 6 nitrogen and oxygen atoms in total. The van der Waals surface area contributed by atoms with Gasteiger partial charge in [0.2, 0.25) is 0 Å². The summed E-state index contributed by atoms with van der Waals surface area (Å²) in [6, 6.07) is 0. The van der Waals surface area contributed by atoms with Gasteiger partial charge >= 0.3 is 17.9 Å². The van der Waals surface area contributed by atoms with Crippen molar-refractivity contribution in [3.8, 4) is 11.8 Å². The summed E-state index contributed by atoms with van der Waals surface area (Å²) in [5, 5.41) is 0. The molecule has 0 unspecified atom stereocenters. The van der Waals surface area contributed by atoms with Crippen LogP contribution in [-0.4, -0.2) is 37.7 Å². The van der Waals surface area contributed by atoms with Gasteiger partial charge in [-0.1, -0.05) is 12.8 Å². The van der Waals surface area contributed by atoms with Crippen LogP contribution in [0.15, 0.2) is 11.6 Å². The van der Waals surface area contributed by atoms with Crippen molar-refractivity contribution < 1.29 is 28.6 Å². The predicted octanol–water partition coefficient (Wildman–Crippen LogP) is 0.996. The standard InChI is InChI=1S/C14H18O6/c1-4-7-8-9-20-12(15)10-11(13(16)18-5-2)14(17)19-6-3/h10H,4-6,9H2,1-3H3. The van der Waals surface area contributed by atoms with Crippen molar-refractivity contribution in [1.29, 1.82) is 0 Å². The van der Waals surface area contributed by atoms with Crippen LogP contribution in [0.3, 0.4) is 0 Å². The highest BCUT2D eigenvalue weighted by molar-refractivity contribution is 6.17. The summed E-state index contributed by atoms with van der Waals surface area (Å²) in [4.78, 5) is 34.5. The highest BCUT2D eigenvalue weighted by Gasteiger charge is 2.22. The Hall–Kier alpha value is -2.29. The van der Waals surface area contributed by atoms with Gasteiger partial charge in [-0.05, 0) is 13.8 Å². The third-order valence-corrected chi connectivity index (χ3v) is 1.84. The van der Waals surface area contributed by atoms with Crippen molar-refractivity contribution in [2.75, 3.05) is 19.8 Å². The van der Waals surface area contributed by atoms with Crippen molar-refractivity contribution in [2.24, 2.45) is 0 Å². The molecule has 0 aliphatic heterocycles. The fraction of sp³-hybridized carbons (Fsp3) is 0.500. The van der Waals surface area contributed by atoms with E-state index >= 15 is 0 Å². The molecule has 0 bridgehead atoms. The second kappa shape index (κ2) is 10.6. The third kappa shape index (κ3) is 7.21. The lowest BCUT2D eigenvalue weighted by Crippen LogP contribution is -2.20. The fourth-order valence-electron chi connectivity index (χ4n) is 1.06. The Morgan fingerprint density at radius 2 is 1.45 bits per heavy atom. The van der Waals surface area contributed by atoms with Gasteiger partial charge in [0.1, 0.15) is 0 Å². The Bertz CT molecular complexity index is 418. The summed E-state index contributed by atoms with van der Waals surface area (Å²) in [5.41, 5.74) is -0.498. The number of hydrogen-bond acceptors (Lipinski definition) is 6. The topological polar surface area (TPSA) is 78.9 Å².